The van der Waals surface area contributed by atoms with Crippen LogP contribution in [0.15, 0.2) is 65.9 Å². The van der Waals surface area contributed by atoms with Gasteiger partial charge in [-0.3, -0.25) is 14.5 Å². The van der Waals surface area contributed by atoms with E-state index in [1.54, 1.807) is 19.9 Å². The van der Waals surface area contributed by atoms with Gasteiger partial charge in [0, 0.05) is 29.2 Å². The lowest BCUT2D eigenvalue weighted by molar-refractivity contribution is -0.137. The van der Waals surface area contributed by atoms with Crippen molar-refractivity contribution in [2.24, 2.45) is 5.92 Å². The van der Waals surface area contributed by atoms with Crippen molar-refractivity contribution in [2.75, 3.05) is 4.90 Å². The topological polar surface area (TPSA) is 46.6 Å². The van der Waals surface area contributed by atoms with Gasteiger partial charge >= 0.3 is 6.18 Å². The lowest BCUT2D eigenvalue weighted by Crippen LogP contribution is -2.35. The maximum absolute atomic E-state index is 13.4. The third-order valence-corrected chi connectivity index (χ3v) is 6.65. The Balaban J connectivity index is 1.47. The van der Waals surface area contributed by atoms with Crippen molar-refractivity contribution < 1.29 is 27.5 Å². The van der Waals surface area contributed by atoms with Gasteiger partial charge in [-0.15, -0.1) is 0 Å². The first-order chi connectivity index (χ1) is 15.6. The summed E-state index contributed by atoms with van der Waals surface area (Å²) in [6, 6.07) is 11.5. The Kier molecular flexibility index (Phi) is 4.96. The van der Waals surface area contributed by atoms with E-state index in [0.717, 1.165) is 24.1 Å². The first kappa shape index (κ1) is 21.5. The van der Waals surface area contributed by atoms with Crippen LogP contribution >= 0.6 is 0 Å². The summed E-state index contributed by atoms with van der Waals surface area (Å²) in [5, 5.41) is 0. The van der Waals surface area contributed by atoms with Crippen LogP contribution in [0.3, 0.4) is 0 Å². The number of allylic oxidation sites excluding steroid dienone is 1. The Morgan fingerprint density at radius 1 is 1.06 bits per heavy atom. The molecule has 2 aliphatic carbocycles. The summed E-state index contributed by atoms with van der Waals surface area (Å²) in [7, 11) is 0. The molecule has 33 heavy (non-hydrogen) atoms. The maximum Gasteiger partial charge on any atom is 0.416 e. The van der Waals surface area contributed by atoms with Gasteiger partial charge in [0.1, 0.15) is 0 Å². The Morgan fingerprint density at radius 3 is 2.58 bits per heavy atom. The fourth-order valence-corrected chi connectivity index (χ4v) is 5.20. The van der Waals surface area contributed by atoms with E-state index in [-0.39, 0.29) is 23.3 Å². The molecule has 3 atom stereocenters. The van der Waals surface area contributed by atoms with Crippen molar-refractivity contribution in [3.05, 3.63) is 88.2 Å². The second-order valence-corrected chi connectivity index (χ2v) is 8.95. The summed E-state index contributed by atoms with van der Waals surface area (Å²) >= 11 is 0. The van der Waals surface area contributed by atoms with Gasteiger partial charge in [0.05, 0.1) is 11.8 Å². The van der Waals surface area contributed by atoms with E-state index in [1.807, 2.05) is 18.2 Å². The molecule has 1 aliphatic heterocycles. The molecule has 1 unspecified atom stereocenters. The minimum absolute atomic E-state index is 0.00555. The van der Waals surface area contributed by atoms with E-state index in [4.69, 9.17) is 4.74 Å². The van der Waals surface area contributed by atoms with Crippen molar-refractivity contribution in [1.29, 1.82) is 0 Å². The number of nitrogens with zero attached hydrogens (tertiary/aromatic N) is 1. The third-order valence-electron chi connectivity index (χ3n) is 6.65. The molecule has 0 spiro atoms. The molecular weight excluding hydrogens is 431 g/mol. The number of ether oxygens (including phenoxy) is 1. The van der Waals surface area contributed by atoms with Crippen LogP contribution in [-0.4, -0.2) is 17.9 Å². The van der Waals surface area contributed by atoms with Crippen LogP contribution in [0, 0.1) is 12.8 Å². The van der Waals surface area contributed by atoms with Crippen LogP contribution < -0.4 is 4.90 Å². The summed E-state index contributed by atoms with van der Waals surface area (Å²) in [5.41, 5.74) is 2.91. The average molecular weight is 453 g/mol. The van der Waals surface area contributed by atoms with E-state index < -0.39 is 23.9 Å². The molecule has 170 valence electrons. The number of halogens is 3. The number of rotatable bonds is 3. The molecule has 0 N–H and O–H groups in total. The molecule has 0 saturated heterocycles. The quantitative estimate of drug-likeness (QED) is 0.458. The molecule has 0 bridgehead atoms. The second kappa shape index (κ2) is 7.61. The predicted octanol–water partition coefficient (Wildman–Crippen LogP) is 5.46. The molecule has 2 aromatic carbocycles. The highest BCUT2D eigenvalue weighted by molar-refractivity contribution is 6.08. The maximum atomic E-state index is 13.4. The van der Waals surface area contributed by atoms with Gasteiger partial charge in [-0.25, -0.2) is 0 Å². The third kappa shape index (κ3) is 3.65. The van der Waals surface area contributed by atoms with Crippen molar-refractivity contribution in [2.45, 2.75) is 45.0 Å². The zero-order valence-corrected chi connectivity index (χ0v) is 18.1. The molecular formula is C26H22F3NO3. The van der Waals surface area contributed by atoms with Gasteiger partial charge in [-0.1, -0.05) is 24.3 Å². The molecule has 1 heterocycles. The molecule has 2 aromatic rings. The van der Waals surface area contributed by atoms with Gasteiger partial charge in [0.15, 0.2) is 12.0 Å². The van der Waals surface area contributed by atoms with Crippen LogP contribution in [-0.2, 0) is 26.9 Å². The van der Waals surface area contributed by atoms with Crippen molar-refractivity contribution >= 4 is 17.4 Å². The van der Waals surface area contributed by atoms with E-state index in [2.05, 4.69) is 6.07 Å². The number of amides is 1. The first-order valence-corrected chi connectivity index (χ1v) is 10.8. The Bertz CT molecular complexity index is 1230. The van der Waals surface area contributed by atoms with Crippen LogP contribution in [0.4, 0.5) is 18.9 Å². The van der Waals surface area contributed by atoms with Crippen LogP contribution in [0.1, 0.15) is 41.5 Å². The monoisotopic (exact) mass is 453 g/mol. The highest BCUT2D eigenvalue weighted by Gasteiger charge is 2.44. The predicted molar refractivity (Wildman–Crippen MR) is 116 cm³/mol. The number of fused-ring (bicyclic) bond motifs is 3. The number of hydrogen-bond donors (Lipinski definition) is 0. The summed E-state index contributed by atoms with van der Waals surface area (Å²) in [5.74, 6) is -0.292. The number of hydrogen-bond acceptors (Lipinski definition) is 3. The molecule has 1 fully saturated rings. The number of ketones is 1. The summed E-state index contributed by atoms with van der Waals surface area (Å²) in [6.07, 6.45) is -1.23. The molecule has 4 nitrogen and oxygen atoms in total. The molecule has 3 aliphatic rings. The van der Waals surface area contributed by atoms with E-state index >= 15 is 0 Å². The fraction of sp³-hybridized carbons (Fsp3) is 0.308. The van der Waals surface area contributed by atoms with E-state index in [0.29, 0.717) is 23.1 Å². The molecule has 5 rings (SSSR count). The van der Waals surface area contributed by atoms with Gasteiger partial charge in [0.25, 0.3) is 5.91 Å². The molecule has 0 radical (unpaired) electrons. The van der Waals surface area contributed by atoms with Gasteiger partial charge < -0.3 is 4.74 Å². The lowest BCUT2D eigenvalue weighted by atomic mass is 9.93. The van der Waals surface area contributed by atoms with Crippen LogP contribution in [0.25, 0.3) is 0 Å². The van der Waals surface area contributed by atoms with E-state index in [1.165, 1.54) is 22.8 Å². The molecule has 0 aromatic heterocycles. The molecule has 7 heteroatoms. The fourth-order valence-electron chi connectivity index (χ4n) is 5.20. The zero-order chi connectivity index (χ0) is 23.5. The van der Waals surface area contributed by atoms with Crippen LogP contribution in [0.2, 0.25) is 0 Å². The van der Waals surface area contributed by atoms with Crippen molar-refractivity contribution in [1.82, 2.24) is 0 Å². The standard InChI is InChI=1S/C26H22F3NO3/c1-14-7-18(26(27,28)29)12-19(8-14)30-23(9-15(2)25(30)32)33-13-21-22(31)11-17-10-16-5-3-4-6-20(16)24(17)21/h3-9,12-13,17,23-24H,10-11H2,1-2H3/b21-13-/t17-,23?,24+/m0/s1. The SMILES string of the molecule is CC1=CC(O/C=C2/C(=O)C[C@@H]3Cc4ccccc4[C@H]23)N(c2cc(C)cc(C(F)(F)F)c2)C1=O. The number of benzene rings is 2. The number of carbonyl (C=O) groups is 2. The second-order valence-electron chi connectivity index (χ2n) is 8.95. The number of aryl methyl sites for hydroxylation is 1. The Hall–Kier alpha value is -3.35. The van der Waals surface area contributed by atoms with Gasteiger partial charge in [-0.2, -0.15) is 13.2 Å². The Morgan fingerprint density at radius 2 is 1.82 bits per heavy atom. The highest BCUT2D eigenvalue weighted by atomic mass is 19.4. The Labute approximate surface area is 189 Å². The highest BCUT2D eigenvalue weighted by Crippen LogP contribution is 2.49. The molecule has 1 amide bonds. The van der Waals surface area contributed by atoms with E-state index in [9.17, 15) is 22.8 Å². The zero-order valence-electron chi connectivity index (χ0n) is 18.1. The van der Waals surface area contributed by atoms with Crippen molar-refractivity contribution in [3.8, 4) is 0 Å². The minimum atomic E-state index is -4.54. The number of carbonyl (C=O) groups excluding carboxylic acids is 2. The summed E-state index contributed by atoms with van der Waals surface area (Å²) < 4.78 is 46.0. The first-order valence-electron chi connectivity index (χ1n) is 10.8. The normalized spacial score (nSPS) is 25.5. The lowest BCUT2D eigenvalue weighted by Gasteiger charge is -2.26. The van der Waals surface area contributed by atoms with Gasteiger partial charge in [-0.05, 0) is 67.2 Å². The molecule has 1 saturated carbocycles. The average Bonchev–Trinajstić information content (AvgIpc) is 3.34. The number of Topliss-reactive ketones (excluding diaryl/α,β-unsaturated/α-hetero) is 1. The smallest absolute Gasteiger partial charge is 0.416 e. The minimum Gasteiger partial charge on any atom is -0.474 e. The summed E-state index contributed by atoms with van der Waals surface area (Å²) in [4.78, 5) is 26.7. The number of alkyl halides is 3. The van der Waals surface area contributed by atoms with Gasteiger partial charge in [0.2, 0.25) is 0 Å². The van der Waals surface area contributed by atoms with Crippen molar-refractivity contribution in [3.63, 3.8) is 0 Å². The summed E-state index contributed by atoms with van der Waals surface area (Å²) in [6.45, 7) is 3.14. The number of anilines is 1. The van der Waals surface area contributed by atoms with Crippen LogP contribution in [0.5, 0.6) is 0 Å². The largest absolute Gasteiger partial charge is 0.474 e.